The Hall–Kier alpha value is -0.460. The molecule has 7 heteroatoms. The third-order valence-corrected chi connectivity index (χ3v) is 5.55. The van der Waals surface area contributed by atoms with Crippen LogP contribution in [0.25, 0.3) is 0 Å². The van der Waals surface area contributed by atoms with Crippen LogP contribution in [-0.2, 0) is 15.7 Å². The number of sulfone groups is 1. The van der Waals surface area contributed by atoms with Gasteiger partial charge in [0, 0.05) is 5.88 Å². The number of alkyl halides is 1. The lowest BCUT2D eigenvalue weighted by molar-refractivity contribution is 0.216. The van der Waals surface area contributed by atoms with Crippen molar-refractivity contribution in [3.8, 4) is 11.5 Å². The van der Waals surface area contributed by atoms with Crippen LogP contribution in [0, 0.1) is 0 Å². The molecule has 0 spiro atoms. The standard InChI is InChI=1S/C12H14BrClO4S/c1-17-11-5-8(6-14)4-10(13)12(11)18-9-2-3-19(15,16)7-9/h4-5,9H,2-3,6-7H2,1H3. The Balaban J connectivity index is 2.25. The summed E-state index contributed by atoms with van der Waals surface area (Å²) < 4.78 is 34.6. The van der Waals surface area contributed by atoms with E-state index >= 15 is 0 Å². The molecule has 1 aromatic carbocycles. The second kappa shape index (κ2) is 5.89. The predicted octanol–water partition coefficient (Wildman–Crippen LogP) is 2.76. The first-order valence-corrected chi connectivity index (χ1v) is 8.89. The molecule has 0 N–H and O–H groups in total. The molecule has 106 valence electrons. The molecular formula is C12H14BrClO4S. The van der Waals surface area contributed by atoms with Crippen molar-refractivity contribution in [2.45, 2.75) is 18.4 Å². The van der Waals surface area contributed by atoms with Crippen LogP contribution in [0.4, 0.5) is 0 Å². The van der Waals surface area contributed by atoms with E-state index in [2.05, 4.69) is 15.9 Å². The quantitative estimate of drug-likeness (QED) is 0.766. The van der Waals surface area contributed by atoms with Crippen LogP contribution in [0.15, 0.2) is 16.6 Å². The van der Waals surface area contributed by atoms with Crippen molar-refractivity contribution in [1.82, 2.24) is 0 Å². The molecule has 1 aromatic rings. The van der Waals surface area contributed by atoms with E-state index in [4.69, 9.17) is 21.1 Å². The van der Waals surface area contributed by atoms with E-state index in [1.54, 1.807) is 6.07 Å². The van der Waals surface area contributed by atoms with Gasteiger partial charge in [0.1, 0.15) is 6.10 Å². The first-order valence-electron chi connectivity index (χ1n) is 5.74. The minimum absolute atomic E-state index is 0.0554. The van der Waals surface area contributed by atoms with Gasteiger partial charge in [-0.2, -0.15) is 0 Å². The highest BCUT2D eigenvalue weighted by atomic mass is 79.9. The molecule has 1 saturated heterocycles. The molecule has 1 aliphatic rings. The SMILES string of the molecule is COc1cc(CCl)cc(Br)c1OC1CCS(=O)(=O)C1. The third-order valence-electron chi connectivity index (χ3n) is 2.92. The zero-order chi connectivity index (χ0) is 14.0. The fourth-order valence-corrected chi connectivity index (χ4v) is 4.31. The average Bonchev–Trinajstić information content (AvgIpc) is 2.71. The van der Waals surface area contributed by atoms with Gasteiger partial charge in [0.05, 0.1) is 23.1 Å². The summed E-state index contributed by atoms with van der Waals surface area (Å²) in [6, 6.07) is 3.63. The lowest BCUT2D eigenvalue weighted by Crippen LogP contribution is -2.18. The minimum atomic E-state index is -2.96. The number of hydrogen-bond acceptors (Lipinski definition) is 4. The highest BCUT2D eigenvalue weighted by molar-refractivity contribution is 9.10. The summed E-state index contributed by atoms with van der Waals surface area (Å²) in [5, 5.41) is 0. The number of ether oxygens (including phenoxy) is 2. The van der Waals surface area contributed by atoms with E-state index in [-0.39, 0.29) is 17.6 Å². The molecule has 1 unspecified atom stereocenters. The Kier molecular flexibility index (Phi) is 4.63. The van der Waals surface area contributed by atoms with Gasteiger partial charge < -0.3 is 9.47 Å². The normalized spacial score (nSPS) is 21.3. The molecule has 0 saturated carbocycles. The van der Waals surface area contributed by atoms with Crippen molar-refractivity contribution in [1.29, 1.82) is 0 Å². The molecule has 0 amide bonds. The molecule has 1 atom stereocenters. The van der Waals surface area contributed by atoms with E-state index in [9.17, 15) is 8.42 Å². The predicted molar refractivity (Wildman–Crippen MR) is 77.9 cm³/mol. The summed E-state index contributed by atoms with van der Waals surface area (Å²) in [5.41, 5.74) is 0.900. The van der Waals surface area contributed by atoms with Crippen LogP contribution < -0.4 is 9.47 Å². The summed E-state index contributed by atoms with van der Waals surface area (Å²) in [6.07, 6.45) is 0.187. The first-order chi connectivity index (χ1) is 8.95. The van der Waals surface area contributed by atoms with Gasteiger partial charge in [-0.25, -0.2) is 8.42 Å². The van der Waals surface area contributed by atoms with Crippen LogP contribution in [0.5, 0.6) is 11.5 Å². The van der Waals surface area contributed by atoms with Crippen LogP contribution >= 0.6 is 27.5 Å². The van der Waals surface area contributed by atoms with E-state index < -0.39 is 9.84 Å². The maximum absolute atomic E-state index is 11.4. The summed E-state index contributed by atoms with van der Waals surface area (Å²) in [4.78, 5) is 0. The maximum atomic E-state index is 11.4. The molecule has 1 heterocycles. The molecule has 2 rings (SSSR count). The Morgan fingerprint density at radius 2 is 2.21 bits per heavy atom. The van der Waals surface area contributed by atoms with Gasteiger partial charge >= 0.3 is 0 Å². The number of benzene rings is 1. The first kappa shape index (κ1) is 14.9. The van der Waals surface area contributed by atoms with Gasteiger partial charge in [0.2, 0.25) is 0 Å². The van der Waals surface area contributed by atoms with Crippen molar-refractivity contribution >= 4 is 37.4 Å². The lowest BCUT2D eigenvalue weighted by atomic mass is 10.2. The van der Waals surface area contributed by atoms with E-state index in [0.717, 1.165) is 5.56 Å². The fraction of sp³-hybridized carbons (Fsp3) is 0.500. The molecular weight excluding hydrogens is 356 g/mol. The van der Waals surface area contributed by atoms with E-state index in [1.807, 2.05) is 6.07 Å². The maximum Gasteiger partial charge on any atom is 0.175 e. The molecule has 4 nitrogen and oxygen atoms in total. The largest absolute Gasteiger partial charge is 0.493 e. The summed E-state index contributed by atoms with van der Waals surface area (Å²) in [7, 11) is -1.42. The van der Waals surface area contributed by atoms with Gasteiger partial charge in [-0.15, -0.1) is 11.6 Å². The van der Waals surface area contributed by atoms with Crippen LogP contribution in [0.3, 0.4) is 0 Å². The second-order valence-corrected chi connectivity index (χ2v) is 7.74. The van der Waals surface area contributed by atoms with E-state index in [1.165, 1.54) is 7.11 Å². The fourth-order valence-electron chi connectivity index (χ4n) is 1.99. The molecule has 1 aliphatic heterocycles. The van der Waals surface area contributed by atoms with Crippen molar-refractivity contribution in [2.75, 3.05) is 18.6 Å². The Labute approximate surface area is 126 Å². The molecule has 0 radical (unpaired) electrons. The number of methoxy groups -OCH3 is 1. The number of rotatable bonds is 4. The molecule has 0 aliphatic carbocycles. The van der Waals surface area contributed by atoms with Gasteiger partial charge in [0.25, 0.3) is 0 Å². The Morgan fingerprint density at radius 3 is 2.74 bits per heavy atom. The number of halogens is 2. The van der Waals surface area contributed by atoms with Gasteiger partial charge in [-0.1, -0.05) is 0 Å². The van der Waals surface area contributed by atoms with Gasteiger partial charge in [0.15, 0.2) is 21.3 Å². The second-order valence-electron chi connectivity index (χ2n) is 4.39. The average molecular weight is 370 g/mol. The van der Waals surface area contributed by atoms with Crippen molar-refractivity contribution in [3.05, 3.63) is 22.2 Å². The zero-order valence-corrected chi connectivity index (χ0v) is 13.5. The van der Waals surface area contributed by atoms with Crippen molar-refractivity contribution in [3.63, 3.8) is 0 Å². The lowest BCUT2D eigenvalue weighted by Gasteiger charge is -2.17. The minimum Gasteiger partial charge on any atom is -0.493 e. The van der Waals surface area contributed by atoms with Crippen molar-refractivity contribution in [2.24, 2.45) is 0 Å². The van der Waals surface area contributed by atoms with Crippen molar-refractivity contribution < 1.29 is 17.9 Å². The van der Waals surface area contributed by atoms with E-state index in [0.29, 0.717) is 28.3 Å². The Bertz CT molecular complexity index is 573. The summed E-state index contributed by atoms with van der Waals surface area (Å²) in [5.74, 6) is 1.68. The highest BCUT2D eigenvalue weighted by Crippen LogP contribution is 2.38. The topological polar surface area (TPSA) is 52.6 Å². The third kappa shape index (κ3) is 3.55. The monoisotopic (exact) mass is 368 g/mol. The zero-order valence-electron chi connectivity index (χ0n) is 10.4. The summed E-state index contributed by atoms with van der Waals surface area (Å²) >= 11 is 9.19. The van der Waals surface area contributed by atoms with Crippen LogP contribution in [0.2, 0.25) is 0 Å². The van der Waals surface area contributed by atoms with Crippen LogP contribution in [0.1, 0.15) is 12.0 Å². The molecule has 19 heavy (non-hydrogen) atoms. The molecule has 0 aromatic heterocycles. The molecule has 1 fully saturated rings. The van der Waals surface area contributed by atoms with Crippen LogP contribution in [-0.4, -0.2) is 33.1 Å². The smallest absolute Gasteiger partial charge is 0.175 e. The Morgan fingerprint density at radius 1 is 1.47 bits per heavy atom. The van der Waals surface area contributed by atoms with Gasteiger partial charge in [-0.3, -0.25) is 0 Å². The highest BCUT2D eigenvalue weighted by Gasteiger charge is 2.30. The number of hydrogen-bond donors (Lipinski definition) is 0. The van der Waals surface area contributed by atoms with Gasteiger partial charge in [-0.05, 0) is 40.0 Å². The molecule has 0 bridgehead atoms. The summed E-state index contributed by atoms with van der Waals surface area (Å²) in [6.45, 7) is 0.